The van der Waals surface area contributed by atoms with E-state index in [0.717, 1.165) is 0 Å². The monoisotopic (exact) mass is 388 g/mol. The van der Waals surface area contributed by atoms with E-state index in [1.807, 2.05) is 6.07 Å². The number of hydrogen-bond donors (Lipinski definition) is 3. The first-order chi connectivity index (χ1) is 12.8. The quantitative estimate of drug-likeness (QED) is 0.448. The lowest BCUT2D eigenvalue weighted by atomic mass is 9.99. The molecule has 0 unspecified atom stereocenters. The van der Waals surface area contributed by atoms with E-state index in [9.17, 15) is 18.4 Å². The molecule has 2 amide bonds. The van der Waals surface area contributed by atoms with Crippen LogP contribution in [0.15, 0.2) is 64.0 Å². The summed E-state index contributed by atoms with van der Waals surface area (Å²) in [5.74, 6) is 0.0475. The van der Waals surface area contributed by atoms with Gasteiger partial charge in [-0.15, -0.1) is 0 Å². The van der Waals surface area contributed by atoms with Crippen molar-refractivity contribution in [3.8, 4) is 22.4 Å². The Bertz CT molecular complexity index is 1080. The normalized spacial score (nSPS) is 11.3. The molecule has 0 aliphatic rings. The summed E-state index contributed by atoms with van der Waals surface area (Å²) in [6.45, 7) is -0.427. The fraction of sp³-hybridized carbons (Fsp3) is 0.0588. The maximum Gasteiger partial charge on any atom is 0.338 e. The maximum atomic E-state index is 12.0. The van der Waals surface area contributed by atoms with E-state index in [2.05, 4.69) is 5.16 Å². The third-order valence-electron chi connectivity index (χ3n) is 3.82. The van der Waals surface area contributed by atoms with Crippen molar-refractivity contribution in [3.05, 3.63) is 60.4 Å². The number of aromatic nitrogens is 1. The molecule has 0 spiro atoms. The third-order valence-corrected chi connectivity index (χ3v) is 4.79. The van der Waals surface area contributed by atoms with E-state index in [1.165, 1.54) is 18.2 Å². The summed E-state index contributed by atoms with van der Waals surface area (Å²) >= 11 is 0. The second-order valence-corrected chi connectivity index (χ2v) is 7.16. The number of urea groups is 1. The van der Waals surface area contributed by atoms with Crippen LogP contribution in [0.25, 0.3) is 22.4 Å². The van der Waals surface area contributed by atoms with E-state index in [0.29, 0.717) is 11.3 Å². The molecule has 3 rings (SSSR count). The number of nitrogens with two attached hydrogens (primary N) is 2. The zero-order chi connectivity index (χ0) is 19.6. The molecule has 2 aromatic carbocycles. The first-order valence-corrected chi connectivity index (χ1v) is 9.25. The molecule has 0 bridgehead atoms. The molecule has 10 heteroatoms. The minimum Gasteiger partial charge on any atom is -0.358 e. The second kappa shape index (κ2) is 7.19. The smallest absolute Gasteiger partial charge is 0.338 e. The van der Waals surface area contributed by atoms with Gasteiger partial charge in [-0.2, -0.15) is 5.06 Å². The van der Waals surface area contributed by atoms with Gasteiger partial charge in [0, 0.05) is 11.1 Å². The molecule has 27 heavy (non-hydrogen) atoms. The molecular weight excluding hydrogens is 372 g/mol. The summed E-state index contributed by atoms with van der Waals surface area (Å²) < 4.78 is 29.4. The number of primary amides is 1. The second-order valence-electron chi connectivity index (χ2n) is 5.63. The molecule has 0 radical (unpaired) electrons. The van der Waals surface area contributed by atoms with Gasteiger partial charge in [-0.3, -0.25) is 5.21 Å². The van der Waals surface area contributed by atoms with Crippen LogP contribution in [0.2, 0.25) is 0 Å². The average Bonchev–Trinajstić information content (AvgIpc) is 3.05. The van der Waals surface area contributed by atoms with Gasteiger partial charge in [-0.25, -0.2) is 18.4 Å². The van der Waals surface area contributed by atoms with Crippen molar-refractivity contribution < 1.29 is 22.9 Å². The van der Waals surface area contributed by atoms with Crippen LogP contribution in [-0.2, 0) is 16.6 Å². The van der Waals surface area contributed by atoms with Gasteiger partial charge in [-0.05, 0) is 6.07 Å². The van der Waals surface area contributed by atoms with Crippen molar-refractivity contribution in [2.45, 2.75) is 11.4 Å². The summed E-state index contributed by atoms with van der Waals surface area (Å²) in [6.07, 6.45) is 0. The molecule has 3 aromatic rings. The first kappa shape index (κ1) is 18.6. The highest BCUT2D eigenvalue weighted by Gasteiger charge is 2.26. The predicted molar refractivity (Wildman–Crippen MR) is 95.7 cm³/mol. The zero-order valence-electron chi connectivity index (χ0n) is 13.9. The highest BCUT2D eigenvalue weighted by atomic mass is 32.2. The Kier molecular flexibility index (Phi) is 4.95. The van der Waals surface area contributed by atoms with Crippen molar-refractivity contribution in [2.75, 3.05) is 0 Å². The molecule has 5 N–H and O–H groups in total. The van der Waals surface area contributed by atoms with E-state index < -0.39 is 22.6 Å². The van der Waals surface area contributed by atoms with Crippen molar-refractivity contribution in [3.63, 3.8) is 0 Å². The van der Waals surface area contributed by atoms with Gasteiger partial charge in [0.2, 0.25) is 10.0 Å². The van der Waals surface area contributed by atoms with E-state index >= 15 is 0 Å². The van der Waals surface area contributed by atoms with Crippen LogP contribution in [-0.4, -0.2) is 29.9 Å². The highest BCUT2D eigenvalue weighted by Crippen LogP contribution is 2.38. The molecule has 140 valence electrons. The molecule has 1 heterocycles. The molecule has 9 nitrogen and oxygen atoms in total. The minimum absolute atomic E-state index is 0.0475. The Labute approximate surface area is 154 Å². The fourth-order valence-electron chi connectivity index (χ4n) is 2.64. The lowest BCUT2D eigenvalue weighted by Crippen LogP contribution is -2.32. The molecule has 0 atom stereocenters. The Balaban J connectivity index is 2.27. The number of carbonyl (C=O) groups excluding carboxylic acids is 1. The Morgan fingerprint density at radius 3 is 2.37 bits per heavy atom. The van der Waals surface area contributed by atoms with Crippen LogP contribution in [0.5, 0.6) is 0 Å². The van der Waals surface area contributed by atoms with Gasteiger partial charge in [-0.1, -0.05) is 53.7 Å². The topological polar surface area (TPSA) is 153 Å². The predicted octanol–water partition coefficient (Wildman–Crippen LogP) is 1.93. The summed E-state index contributed by atoms with van der Waals surface area (Å²) in [7, 11) is -4.06. The molecule has 0 saturated carbocycles. The van der Waals surface area contributed by atoms with Gasteiger partial charge in [0.15, 0.2) is 5.76 Å². The van der Waals surface area contributed by atoms with Gasteiger partial charge in [0.1, 0.15) is 12.2 Å². The first-order valence-electron chi connectivity index (χ1n) is 7.71. The van der Waals surface area contributed by atoms with Gasteiger partial charge in [0.25, 0.3) is 0 Å². The van der Waals surface area contributed by atoms with Crippen LogP contribution < -0.4 is 10.9 Å². The summed E-state index contributed by atoms with van der Waals surface area (Å²) in [5.41, 5.74) is 6.54. The Morgan fingerprint density at radius 2 is 1.74 bits per heavy atom. The number of primary sulfonamides is 1. The molecular formula is C17H16N4O5S. The van der Waals surface area contributed by atoms with Crippen LogP contribution in [0.3, 0.4) is 0 Å². The van der Waals surface area contributed by atoms with Gasteiger partial charge in [0.05, 0.1) is 10.5 Å². The SMILES string of the molecule is NC(=O)N(O)Cc1onc(-c2ccccc2)c1-c1ccccc1S(N)(=O)=O. The maximum absolute atomic E-state index is 12.0. The summed E-state index contributed by atoms with van der Waals surface area (Å²) in [4.78, 5) is 11.0. The van der Waals surface area contributed by atoms with Gasteiger partial charge >= 0.3 is 6.03 Å². The standard InChI is InChI=1S/C17H16N4O5S/c18-17(22)21(23)10-13-15(12-8-4-5-9-14(12)27(19,24)25)16(20-26-13)11-6-2-1-3-7-11/h1-9,23H,10H2,(H2,18,22)(H2,19,24,25). The average molecular weight is 388 g/mol. The number of amides is 2. The number of hydrogen-bond acceptors (Lipinski definition) is 6. The summed E-state index contributed by atoms with van der Waals surface area (Å²) in [6, 6.07) is 13.8. The van der Waals surface area contributed by atoms with Crippen molar-refractivity contribution >= 4 is 16.1 Å². The summed E-state index contributed by atoms with van der Waals surface area (Å²) in [5, 5.41) is 19.3. The molecule has 0 fully saturated rings. The van der Waals surface area contributed by atoms with E-state index in [-0.39, 0.29) is 26.8 Å². The number of sulfonamides is 1. The highest BCUT2D eigenvalue weighted by molar-refractivity contribution is 7.89. The molecule has 0 aliphatic carbocycles. The van der Waals surface area contributed by atoms with Crippen LogP contribution in [0.4, 0.5) is 4.79 Å². The van der Waals surface area contributed by atoms with Crippen molar-refractivity contribution in [1.82, 2.24) is 10.2 Å². The van der Waals surface area contributed by atoms with Crippen molar-refractivity contribution in [2.24, 2.45) is 10.9 Å². The third kappa shape index (κ3) is 3.82. The minimum atomic E-state index is -4.06. The zero-order valence-corrected chi connectivity index (χ0v) is 14.8. The lowest BCUT2D eigenvalue weighted by Gasteiger charge is -2.13. The fourth-order valence-corrected chi connectivity index (χ4v) is 3.38. The number of nitrogens with zero attached hydrogens (tertiary/aromatic N) is 2. The molecule has 0 saturated heterocycles. The Hall–Kier alpha value is -3.21. The van der Waals surface area contributed by atoms with Gasteiger partial charge < -0.3 is 10.3 Å². The number of carbonyl (C=O) groups is 1. The number of hydroxylamine groups is 2. The lowest BCUT2D eigenvalue weighted by molar-refractivity contribution is -0.0521. The van der Waals surface area contributed by atoms with E-state index in [1.54, 1.807) is 30.3 Å². The van der Waals surface area contributed by atoms with Crippen LogP contribution in [0.1, 0.15) is 5.76 Å². The van der Waals surface area contributed by atoms with Crippen LogP contribution in [0, 0.1) is 0 Å². The Morgan fingerprint density at radius 1 is 1.11 bits per heavy atom. The van der Waals surface area contributed by atoms with Crippen LogP contribution >= 0.6 is 0 Å². The number of benzene rings is 2. The molecule has 1 aromatic heterocycles. The van der Waals surface area contributed by atoms with E-state index in [4.69, 9.17) is 15.4 Å². The number of rotatable bonds is 5. The van der Waals surface area contributed by atoms with Crippen molar-refractivity contribution in [1.29, 1.82) is 0 Å². The molecule has 0 aliphatic heterocycles. The largest absolute Gasteiger partial charge is 0.358 e.